The Balaban J connectivity index is 2.22. The summed E-state index contributed by atoms with van der Waals surface area (Å²) in [5.41, 5.74) is 5.16. The third-order valence-electron chi connectivity index (χ3n) is 3.12. The van der Waals surface area contributed by atoms with Gasteiger partial charge in [-0.1, -0.05) is 0 Å². The van der Waals surface area contributed by atoms with Gasteiger partial charge in [0.25, 0.3) is 0 Å². The Morgan fingerprint density at radius 1 is 1.67 bits per heavy atom. The summed E-state index contributed by atoms with van der Waals surface area (Å²) in [4.78, 5) is 0. The molecule has 0 unspecified atom stereocenters. The fourth-order valence-electron chi connectivity index (χ4n) is 2.39. The highest BCUT2D eigenvalue weighted by atomic mass is 16.3. The van der Waals surface area contributed by atoms with Crippen LogP contribution in [-0.4, -0.2) is 49.3 Å². The van der Waals surface area contributed by atoms with Crippen LogP contribution in [0.2, 0.25) is 0 Å². The van der Waals surface area contributed by atoms with Crippen molar-refractivity contribution in [2.24, 2.45) is 11.7 Å². The summed E-state index contributed by atoms with van der Waals surface area (Å²) >= 11 is 0. The first-order valence-corrected chi connectivity index (χ1v) is 4.39. The molecule has 70 valence electrons. The zero-order valence-corrected chi connectivity index (χ0v) is 6.79. The van der Waals surface area contributed by atoms with Gasteiger partial charge in [-0.25, -0.2) is 0 Å². The van der Waals surface area contributed by atoms with Crippen molar-refractivity contribution in [1.82, 2.24) is 0 Å². The molecule has 0 spiro atoms. The van der Waals surface area contributed by atoms with Crippen LogP contribution in [0.4, 0.5) is 0 Å². The van der Waals surface area contributed by atoms with Gasteiger partial charge in [0.2, 0.25) is 0 Å². The summed E-state index contributed by atoms with van der Waals surface area (Å²) in [5.74, 6) is 0.522. The molecule has 0 aromatic carbocycles. The lowest BCUT2D eigenvalue weighted by Gasteiger charge is -2.41. The Labute approximate surface area is 74.6 Å². The van der Waals surface area contributed by atoms with Crippen LogP contribution in [0, 0.1) is 5.92 Å². The fourth-order valence-corrected chi connectivity index (χ4v) is 2.39. The summed E-state index contributed by atoms with van der Waals surface area (Å²) in [5, 5.41) is 10.2. The number of nitrogens with two attached hydrogens (primary N) is 1. The number of hydrogen-bond acceptors (Lipinski definition) is 2. The minimum absolute atomic E-state index is 0.317. The first-order valence-electron chi connectivity index (χ1n) is 4.39. The maximum Gasteiger partial charge on any atom is 0.169 e. The monoisotopic (exact) mass is 170 g/mol. The molecule has 0 amide bonds. The molecule has 4 heteroatoms. The van der Waals surface area contributed by atoms with Crippen molar-refractivity contribution in [3.05, 3.63) is 0 Å². The van der Waals surface area contributed by atoms with Gasteiger partial charge in [-0.3, -0.25) is 0 Å². The SMILES string of the molecule is [BH3-][N@@+]12CCC[C@@H](C1)[C@](O)(CN)C2. The average Bonchev–Trinajstić information content (AvgIpc) is 2.20. The molecule has 2 rings (SSSR count). The molecule has 3 N–H and O–H groups in total. The maximum absolute atomic E-state index is 10.2. The van der Waals surface area contributed by atoms with E-state index in [1.807, 2.05) is 0 Å². The second-order valence-corrected chi connectivity index (χ2v) is 3.88. The predicted octanol–water partition coefficient (Wildman–Crippen LogP) is -1.80. The molecule has 2 fully saturated rings. The molecular weight excluding hydrogens is 151 g/mol. The van der Waals surface area contributed by atoms with E-state index in [-0.39, 0.29) is 0 Å². The second-order valence-electron chi connectivity index (χ2n) is 3.88. The van der Waals surface area contributed by atoms with Crippen LogP contribution < -0.4 is 5.73 Å². The van der Waals surface area contributed by atoms with Crippen LogP contribution in [0.3, 0.4) is 0 Å². The fraction of sp³-hybridized carbons (Fsp3) is 1.00. The van der Waals surface area contributed by atoms with Gasteiger partial charge in [0.05, 0.1) is 6.54 Å². The van der Waals surface area contributed by atoms with Gasteiger partial charge >= 0.3 is 0 Å². The molecule has 2 heterocycles. The number of aliphatic hydroxyl groups is 1. The van der Waals surface area contributed by atoms with Crippen LogP contribution in [0.25, 0.3) is 0 Å². The molecular formula is C8H19BN2O. The van der Waals surface area contributed by atoms with E-state index in [0.29, 0.717) is 20.4 Å². The first-order chi connectivity index (χ1) is 5.58. The summed E-state index contributed by atoms with van der Waals surface area (Å²) in [6, 6.07) is 0. The Morgan fingerprint density at radius 3 is 3.00 bits per heavy atom. The summed E-state index contributed by atoms with van der Waals surface area (Å²) in [6.07, 6.45) is 2.52. The lowest BCUT2D eigenvalue weighted by atomic mass is 9.87. The highest BCUT2D eigenvalue weighted by molar-refractivity contribution is 5.97. The van der Waals surface area contributed by atoms with E-state index in [2.05, 4.69) is 0 Å². The van der Waals surface area contributed by atoms with E-state index in [1.54, 1.807) is 0 Å². The number of piperidine rings is 1. The minimum Gasteiger partial charge on any atom is -0.520 e. The molecule has 3 nitrogen and oxygen atoms in total. The lowest BCUT2D eigenvalue weighted by molar-refractivity contribution is -0.812. The molecule has 12 heavy (non-hydrogen) atoms. The highest BCUT2D eigenvalue weighted by Gasteiger charge is 2.50. The molecule has 2 aliphatic rings. The molecule has 2 aliphatic heterocycles. The molecule has 3 atom stereocenters. The summed E-state index contributed by atoms with van der Waals surface area (Å²) in [6.45, 7) is 4.03. The Kier molecular flexibility index (Phi) is 1.76. The third kappa shape index (κ3) is 1.10. The van der Waals surface area contributed by atoms with Gasteiger partial charge in [0, 0.05) is 25.6 Å². The molecule has 2 saturated heterocycles. The maximum atomic E-state index is 10.2. The highest BCUT2D eigenvalue weighted by Crippen LogP contribution is 2.38. The first kappa shape index (κ1) is 8.54. The Hall–Kier alpha value is -0.0551. The topological polar surface area (TPSA) is 46.2 Å². The van der Waals surface area contributed by atoms with Crippen LogP contribution in [-0.2, 0) is 0 Å². The van der Waals surface area contributed by atoms with Gasteiger partial charge in [-0.2, -0.15) is 0 Å². The van der Waals surface area contributed by atoms with E-state index in [1.165, 1.54) is 30.3 Å². The Bertz CT molecular complexity index is 201. The van der Waals surface area contributed by atoms with Crippen molar-refractivity contribution in [3.63, 3.8) is 0 Å². The summed E-state index contributed by atoms with van der Waals surface area (Å²) in [7, 11) is 0.317. The smallest absolute Gasteiger partial charge is 0.169 e. The molecule has 0 aromatic heterocycles. The van der Waals surface area contributed by atoms with Crippen LogP contribution >= 0.6 is 0 Å². The quantitative estimate of drug-likeness (QED) is 0.456. The zero-order chi connectivity index (χ0) is 8.82. The van der Waals surface area contributed by atoms with Crippen molar-refractivity contribution < 1.29 is 9.50 Å². The molecule has 2 bridgehead atoms. The van der Waals surface area contributed by atoms with Gasteiger partial charge in [-0.15, -0.1) is 0 Å². The Morgan fingerprint density at radius 2 is 2.42 bits per heavy atom. The van der Waals surface area contributed by atoms with Crippen molar-refractivity contribution >= 4 is 7.98 Å². The predicted molar refractivity (Wildman–Crippen MR) is 51.5 cm³/mol. The normalized spacial score (nSPS) is 52.8. The average molecular weight is 170 g/mol. The van der Waals surface area contributed by atoms with Crippen LogP contribution in [0.15, 0.2) is 0 Å². The number of rotatable bonds is 1. The number of fused-ring (bicyclic) bond motifs is 2. The molecule has 0 aliphatic carbocycles. The van der Waals surface area contributed by atoms with Crippen molar-refractivity contribution in [2.45, 2.75) is 18.4 Å². The summed E-state index contributed by atoms with van der Waals surface area (Å²) < 4.78 is 1.29. The van der Waals surface area contributed by atoms with E-state index < -0.39 is 5.60 Å². The van der Waals surface area contributed by atoms with E-state index >= 15 is 0 Å². The molecule has 0 radical (unpaired) electrons. The molecule has 0 aromatic rings. The van der Waals surface area contributed by atoms with Gasteiger partial charge < -0.3 is 15.2 Å². The van der Waals surface area contributed by atoms with Crippen molar-refractivity contribution in [2.75, 3.05) is 26.2 Å². The third-order valence-corrected chi connectivity index (χ3v) is 3.12. The number of nitrogens with zero attached hydrogens (tertiary/aromatic N) is 1. The lowest BCUT2D eigenvalue weighted by Crippen LogP contribution is -2.49. The van der Waals surface area contributed by atoms with Crippen molar-refractivity contribution in [3.8, 4) is 0 Å². The van der Waals surface area contributed by atoms with Gasteiger partial charge in [-0.05, 0) is 12.8 Å². The number of quaternary nitrogens is 1. The van der Waals surface area contributed by atoms with E-state index in [4.69, 9.17) is 5.73 Å². The standard InChI is InChI=1S/C8H19BN2O/c9-11-3-1-2-7(4-11)8(12,5-10)6-11/h7,12H,1-6,10H2,9H3/t7-,8-,11-/m0/s1. The molecule has 0 saturated carbocycles. The van der Waals surface area contributed by atoms with Gasteiger partial charge in [0.1, 0.15) is 5.60 Å². The van der Waals surface area contributed by atoms with Gasteiger partial charge in [0.15, 0.2) is 7.98 Å². The largest absolute Gasteiger partial charge is 0.520 e. The zero-order valence-electron chi connectivity index (χ0n) is 6.79. The van der Waals surface area contributed by atoms with E-state index in [9.17, 15) is 5.11 Å². The second kappa shape index (κ2) is 2.47. The van der Waals surface area contributed by atoms with Crippen LogP contribution in [0.1, 0.15) is 12.8 Å². The van der Waals surface area contributed by atoms with Crippen LogP contribution in [0.5, 0.6) is 0 Å². The minimum atomic E-state index is -0.488. The number of hydrogen-bond donors (Lipinski definition) is 2. The van der Waals surface area contributed by atoms with E-state index in [0.717, 1.165) is 6.54 Å². The van der Waals surface area contributed by atoms with Crippen molar-refractivity contribution in [1.29, 1.82) is 0 Å².